The van der Waals surface area contributed by atoms with Gasteiger partial charge >= 0.3 is 5.97 Å². The van der Waals surface area contributed by atoms with Gasteiger partial charge in [0.05, 0.1) is 24.1 Å². The molecular weight excluding hydrogens is 258 g/mol. The third-order valence-corrected chi connectivity index (χ3v) is 2.75. The third-order valence-electron chi connectivity index (χ3n) is 2.75. The Hall–Kier alpha value is -2.96. The summed E-state index contributed by atoms with van der Waals surface area (Å²) in [7, 11) is 0. The number of aromatic nitrogens is 5. The zero-order valence-corrected chi connectivity index (χ0v) is 10.4. The Bertz CT molecular complexity index is 732. The lowest BCUT2D eigenvalue weighted by Crippen LogP contribution is -2.03. The van der Waals surface area contributed by atoms with Crippen molar-refractivity contribution in [2.45, 2.75) is 6.54 Å². The molecule has 0 radical (unpaired) electrons. The van der Waals surface area contributed by atoms with E-state index in [4.69, 9.17) is 5.11 Å². The summed E-state index contributed by atoms with van der Waals surface area (Å²) in [6.07, 6.45) is 3.23. The molecule has 1 N–H and O–H groups in total. The topological polar surface area (TPSA) is 85.8 Å². The van der Waals surface area contributed by atoms with E-state index in [0.717, 1.165) is 11.4 Å². The number of para-hydroxylation sites is 1. The van der Waals surface area contributed by atoms with Gasteiger partial charge in [-0.25, -0.2) is 14.2 Å². The highest BCUT2D eigenvalue weighted by Gasteiger charge is 2.09. The average Bonchev–Trinajstić information content (AvgIpc) is 3.10. The molecule has 3 aromatic rings. The zero-order valence-electron chi connectivity index (χ0n) is 10.4. The molecule has 100 valence electrons. The summed E-state index contributed by atoms with van der Waals surface area (Å²) in [5.41, 5.74) is 1.66. The highest BCUT2D eigenvalue weighted by atomic mass is 16.4. The summed E-state index contributed by atoms with van der Waals surface area (Å²) in [5.74, 6) is -1.09. The van der Waals surface area contributed by atoms with Crippen LogP contribution in [0.2, 0.25) is 0 Å². The van der Waals surface area contributed by atoms with Crippen molar-refractivity contribution in [3.8, 4) is 5.69 Å². The predicted octanol–water partition coefficient (Wildman–Crippen LogP) is 1.21. The maximum atomic E-state index is 10.7. The summed E-state index contributed by atoms with van der Waals surface area (Å²) in [4.78, 5) is 10.7. The van der Waals surface area contributed by atoms with Gasteiger partial charge in [-0.15, -0.1) is 5.10 Å². The van der Waals surface area contributed by atoms with Crippen LogP contribution >= 0.6 is 0 Å². The minimum absolute atomic E-state index is 0.0764. The van der Waals surface area contributed by atoms with Crippen molar-refractivity contribution in [1.82, 2.24) is 24.8 Å². The van der Waals surface area contributed by atoms with Crippen LogP contribution in [0.15, 0.2) is 48.8 Å². The second-order valence-electron chi connectivity index (χ2n) is 4.19. The van der Waals surface area contributed by atoms with Crippen LogP contribution in [0.5, 0.6) is 0 Å². The van der Waals surface area contributed by atoms with Crippen molar-refractivity contribution in [1.29, 1.82) is 0 Å². The van der Waals surface area contributed by atoms with Crippen LogP contribution in [0, 0.1) is 0 Å². The van der Waals surface area contributed by atoms with Crippen molar-refractivity contribution < 1.29 is 9.90 Å². The van der Waals surface area contributed by atoms with Crippen LogP contribution < -0.4 is 0 Å². The first-order valence-corrected chi connectivity index (χ1v) is 5.96. The van der Waals surface area contributed by atoms with E-state index < -0.39 is 5.97 Å². The van der Waals surface area contributed by atoms with E-state index in [-0.39, 0.29) is 5.69 Å². The van der Waals surface area contributed by atoms with Crippen LogP contribution in [0.25, 0.3) is 5.69 Å². The minimum Gasteiger partial charge on any atom is -0.476 e. The van der Waals surface area contributed by atoms with Gasteiger partial charge in [-0.3, -0.25) is 0 Å². The Morgan fingerprint density at radius 3 is 2.70 bits per heavy atom. The van der Waals surface area contributed by atoms with Gasteiger partial charge < -0.3 is 5.11 Å². The quantitative estimate of drug-likeness (QED) is 0.769. The monoisotopic (exact) mass is 269 g/mol. The normalized spacial score (nSPS) is 10.6. The summed E-state index contributed by atoms with van der Waals surface area (Å²) >= 11 is 0. The highest BCUT2D eigenvalue weighted by molar-refractivity contribution is 5.84. The summed E-state index contributed by atoms with van der Waals surface area (Å²) in [5, 5.41) is 20.5. The van der Waals surface area contributed by atoms with Crippen LogP contribution in [-0.4, -0.2) is 35.9 Å². The lowest BCUT2D eigenvalue weighted by Gasteiger charge is -2.00. The average molecular weight is 269 g/mol. The molecule has 7 heteroatoms. The third kappa shape index (κ3) is 2.41. The SMILES string of the molecule is O=C(O)c1cn(Cc2ccn(-c3ccccc3)n2)nn1. The second kappa shape index (κ2) is 4.96. The summed E-state index contributed by atoms with van der Waals surface area (Å²) in [6, 6.07) is 11.6. The van der Waals surface area contributed by atoms with Gasteiger partial charge in [0.2, 0.25) is 0 Å². The molecule has 0 saturated heterocycles. The van der Waals surface area contributed by atoms with Crippen molar-refractivity contribution in [3.63, 3.8) is 0 Å². The van der Waals surface area contributed by atoms with Gasteiger partial charge in [0.15, 0.2) is 5.69 Å². The second-order valence-corrected chi connectivity index (χ2v) is 4.19. The Morgan fingerprint density at radius 2 is 2.00 bits per heavy atom. The van der Waals surface area contributed by atoms with Crippen molar-refractivity contribution in [2.75, 3.05) is 0 Å². The molecule has 2 heterocycles. The molecule has 0 bridgehead atoms. The number of rotatable bonds is 4. The Balaban J connectivity index is 1.78. The number of nitrogens with zero attached hydrogens (tertiary/aromatic N) is 5. The van der Waals surface area contributed by atoms with Gasteiger partial charge in [0.25, 0.3) is 0 Å². The fraction of sp³-hybridized carbons (Fsp3) is 0.0769. The van der Waals surface area contributed by atoms with Gasteiger partial charge in [0, 0.05) is 6.20 Å². The molecule has 0 aliphatic heterocycles. The minimum atomic E-state index is -1.09. The molecule has 0 aliphatic rings. The molecule has 0 atom stereocenters. The smallest absolute Gasteiger partial charge is 0.358 e. The fourth-order valence-corrected chi connectivity index (χ4v) is 1.81. The molecule has 0 fully saturated rings. The van der Waals surface area contributed by atoms with Gasteiger partial charge in [0.1, 0.15) is 0 Å². The fourth-order valence-electron chi connectivity index (χ4n) is 1.81. The predicted molar refractivity (Wildman–Crippen MR) is 69.6 cm³/mol. The Labute approximate surface area is 114 Å². The lowest BCUT2D eigenvalue weighted by atomic mass is 10.3. The van der Waals surface area contributed by atoms with E-state index >= 15 is 0 Å². The maximum Gasteiger partial charge on any atom is 0.358 e. The van der Waals surface area contributed by atoms with Gasteiger partial charge in [-0.05, 0) is 18.2 Å². The van der Waals surface area contributed by atoms with Crippen LogP contribution in [0.1, 0.15) is 16.2 Å². The first-order chi connectivity index (χ1) is 9.72. The molecular formula is C13H11N5O2. The Morgan fingerprint density at radius 1 is 1.20 bits per heavy atom. The number of hydrogen-bond donors (Lipinski definition) is 1. The van der Waals surface area contributed by atoms with E-state index in [9.17, 15) is 4.79 Å². The van der Waals surface area contributed by atoms with Crippen molar-refractivity contribution in [2.24, 2.45) is 0 Å². The maximum absolute atomic E-state index is 10.7. The van der Waals surface area contributed by atoms with Gasteiger partial charge in [-0.1, -0.05) is 23.4 Å². The zero-order chi connectivity index (χ0) is 13.9. The van der Waals surface area contributed by atoms with E-state index in [0.29, 0.717) is 6.54 Å². The van der Waals surface area contributed by atoms with Gasteiger partial charge in [-0.2, -0.15) is 5.10 Å². The number of carbonyl (C=O) groups is 1. The van der Waals surface area contributed by atoms with Crippen molar-refractivity contribution >= 4 is 5.97 Å². The molecule has 0 spiro atoms. The molecule has 0 amide bonds. The number of hydrogen-bond acceptors (Lipinski definition) is 4. The van der Waals surface area contributed by atoms with E-state index in [2.05, 4.69) is 15.4 Å². The number of carboxylic acid groups (broad SMARTS) is 1. The molecule has 3 rings (SSSR count). The molecule has 0 unspecified atom stereocenters. The van der Waals surface area contributed by atoms with Crippen molar-refractivity contribution in [3.05, 3.63) is 60.2 Å². The molecule has 20 heavy (non-hydrogen) atoms. The van der Waals surface area contributed by atoms with E-state index in [1.807, 2.05) is 42.6 Å². The first kappa shape index (κ1) is 12.1. The largest absolute Gasteiger partial charge is 0.476 e. The van der Waals surface area contributed by atoms with E-state index in [1.165, 1.54) is 10.9 Å². The van der Waals surface area contributed by atoms with Crippen LogP contribution in [0.4, 0.5) is 0 Å². The highest BCUT2D eigenvalue weighted by Crippen LogP contribution is 2.07. The summed E-state index contributed by atoms with van der Waals surface area (Å²) in [6.45, 7) is 0.375. The molecule has 1 aromatic carbocycles. The number of carboxylic acids is 1. The summed E-state index contributed by atoms with van der Waals surface area (Å²) < 4.78 is 3.20. The molecule has 7 nitrogen and oxygen atoms in total. The Kier molecular flexibility index (Phi) is 3.00. The number of benzene rings is 1. The molecule has 0 saturated carbocycles. The van der Waals surface area contributed by atoms with E-state index in [1.54, 1.807) is 4.68 Å². The lowest BCUT2D eigenvalue weighted by molar-refractivity contribution is 0.0690. The number of aromatic carboxylic acids is 1. The first-order valence-electron chi connectivity index (χ1n) is 5.96. The standard InChI is InChI=1S/C13H11N5O2/c19-13(20)12-9-17(16-14-12)8-10-6-7-18(15-10)11-4-2-1-3-5-11/h1-7,9H,8H2,(H,19,20). The van der Waals surface area contributed by atoms with Crippen LogP contribution in [0.3, 0.4) is 0 Å². The van der Waals surface area contributed by atoms with Crippen LogP contribution in [-0.2, 0) is 6.54 Å². The molecule has 2 aromatic heterocycles. The molecule has 0 aliphatic carbocycles.